The molecule has 18 heavy (non-hydrogen) atoms. The van der Waals surface area contributed by atoms with Gasteiger partial charge in [0.2, 0.25) is 0 Å². The first-order valence-electron chi connectivity index (χ1n) is 6.22. The van der Waals surface area contributed by atoms with Crippen LogP contribution in [-0.2, 0) is 0 Å². The van der Waals surface area contributed by atoms with Crippen molar-refractivity contribution in [3.05, 3.63) is 47.0 Å². The molecular formula is C15H17NO2. The fourth-order valence-corrected chi connectivity index (χ4v) is 2.10. The summed E-state index contributed by atoms with van der Waals surface area (Å²) in [6.45, 7) is 4.55. The number of carbonyl (C=O) groups excluding carboxylic acids is 2. The summed E-state index contributed by atoms with van der Waals surface area (Å²) in [5.41, 5.74) is 2.35. The van der Waals surface area contributed by atoms with E-state index in [0.717, 1.165) is 12.8 Å². The molecule has 2 amide bonds. The Balaban J connectivity index is 2.05. The summed E-state index contributed by atoms with van der Waals surface area (Å²) in [6.07, 6.45) is 3.80. The van der Waals surface area contributed by atoms with Gasteiger partial charge in [-0.1, -0.05) is 23.8 Å². The largest absolute Gasteiger partial charge is 0.274 e. The van der Waals surface area contributed by atoms with Crippen LogP contribution in [0.2, 0.25) is 0 Å². The molecule has 0 saturated heterocycles. The van der Waals surface area contributed by atoms with Crippen molar-refractivity contribution in [1.82, 2.24) is 4.90 Å². The Kier molecular flexibility index (Phi) is 3.60. The van der Waals surface area contributed by atoms with Crippen LogP contribution in [0.5, 0.6) is 0 Å². The molecule has 0 radical (unpaired) electrons. The van der Waals surface area contributed by atoms with Crippen LogP contribution in [0, 0.1) is 0 Å². The molecule has 0 aromatic heterocycles. The highest BCUT2D eigenvalue weighted by Gasteiger charge is 2.34. The molecule has 3 nitrogen and oxygen atoms in total. The third kappa shape index (κ3) is 2.21. The van der Waals surface area contributed by atoms with E-state index in [2.05, 4.69) is 13.0 Å². The summed E-state index contributed by atoms with van der Waals surface area (Å²) in [7, 11) is 0. The Bertz CT molecular complexity index is 482. The van der Waals surface area contributed by atoms with Crippen molar-refractivity contribution in [2.75, 3.05) is 6.54 Å². The SMILES string of the molecule is C/C=C(\C)CCCN1C(=O)c2ccccc2C1=O. The maximum atomic E-state index is 12.0. The minimum atomic E-state index is -0.159. The Labute approximate surface area is 107 Å². The van der Waals surface area contributed by atoms with Crippen molar-refractivity contribution in [3.63, 3.8) is 0 Å². The molecule has 0 N–H and O–H groups in total. The second-order valence-corrected chi connectivity index (χ2v) is 4.55. The molecule has 0 bridgehead atoms. The topological polar surface area (TPSA) is 37.4 Å². The van der Waals surface area contributed by atoms with Crippen LogP contribution in [0.25, 0.3) is 0 Å². The summed E-state index contributed by atoms with van der Waals surface area (Å²) >= 11 is 0. The molecule has 0 atom stereocenters. The van der Waals surface area contributed by atoms with Gasteiger partial charge in [0.25, 0.3) is 11.8 Å². The van der Waals surface area contributed by atoms with Gasteiger partial charge >= 0.3 is 0 Å². The van der Waals surface area contributed by atoms with E-state index in [1.807, 2.05) is 6.92 Å². The summed E-state index contributed by atoms with van der Waals surface area (Å²) in [5, 5.41) is 0. The molecule has 3 heteroatoms. The van der Waals surface area contributed by atoms with Gasteiger partial charge in [-0.25, -0.2) is 0 Å². The van der Waals surface area contributed by atoms with E-state index in [1.54, 1.807) is 24.3 Å². The predicted molar refractivity (Wildman–Crippen MR) is 70.5 cm³/mol. The van der Waals surface area contributed by atoms with Crippen LogP contribution < -0.4 is 0 Å². The molecule has 1 heterocycles. The number of amides is 2. The van der Waals surface area contributed by atoms with Crippen molar-refractivity contribution < 1.29 is 9.59 Å². The lowest BCUT2D eigenvalue weighted by Crippen LogP contribution is -2.30. The highest BCUT2D eigenvalue weighted by Crippen LogP contribution is 2.22. The predicted octanol–water partition coefficient (Wildman–Crippen LogP) is 3.03. The number of benzene rings is 1. The molecular weight excluding hydrogens is 226 g/mol. The zero-order valence-corrected chi connectivity index (χ0v) is 10.8. The minimum absolute atomic E-state index is 0.159. The summed E-state index contributed by atoms with van der Waals surface area (Å²) in [6, 6.07) is 7.01. The molecule has 0 aliphatic carbocycles. The highest BCUT2D eigenvalue weighted by atomic mass is 16.2. The van der Waals surface area contributed by atoms with E-state index >= 15 is 0 Å². The Morgan fingerprint density at radius 2 is 1.72 bits per heavy atom. The summed E-state index contributed by atoms with van der Waals surface area (Å²) < 4.78 is 0. The number of rotatable bonds is 4. The van der Waals surface area contributed by atoms with Crippen LogP contribution in [-0.4, -0.2) is 23.3 Å². The number of allylic oxidation sites excluding steroid dienone is 2. The van der Waals surface area contributed by atoms with Gasteiger partial charge in [-0.3, -0.25) is 14.5 Å². The minimum Gasteiger partial charge on any atom is -0.274 e. The Morgan fingerprint density at radius 1 is 1.17 bits per heavy atom. The molecule has 0 unspecified atom stereocenters. The average molecular weight is 243 g/mol. The maximum absolute atomic E-state index is 12.0. The number of nitrogens with zero attached hydrogens (tertiary/aromatic N) is 1. The lowest BCUT2D eigenvalue weighted by Gasteiger charge is -2.13. The molecule has 1 aromatic carbocycles. The Morgan fingerprint density at radius 3 is 2.22 bits per heavy atom. The molecule has 2 rings (SSSR count). The monoisotopic (exact) mass is 243 g/mol. The first kappa shape index (κ1) is 12.6. The van der Waals surface area contributed by atoms with Crippen molar-refractivity contribution in [1.29, 1.82) is 0 Å². The standard InChI is InChI=1S/C15H17NO2/c1-3-11(2)7-6-10-16-14(17)12-8-4-5-9-13(12)15(16)18/h3-5,8-9H,6-7,10H2,1-2H3/b11-3+. The van der Waals surface area contributed by atoms with Gasteiger partial charge in [-0.05, 0) is 38.8 Å². The van der Waals surface area contributed by atoms with E-state index in [-0.39, 0.29) is 11.8 Å². The molecule has 0 fully saturated rings. The van der Waals surface area contributed by atoms with Gasteiger partial charge < -0.3 is 0 Å². The van der Waals surface area contributed by atoms with Crippen molar-refractivity contribution in [3.8, 4) is 0 Å². The van der Waals surface area contributed by atoms with E-state index in [0.29, 0.717) is 17.7 Å². The van der Waals surface area contributed by atoms with E-state index in [9.17, 15) is 9.59 Å². The van der Waals surface area contributed by atoms with Gasteiger partial charge in [-0.2, -0.15) is 0 Å². The maximum Gasteiger partial charge on any atom is 0.261 e. The highest BCUT2D eigenvalue weighted by molar-refractivity contribution is 6.21. The van der Waals surface area contributed by atoms with Crippen molar-refractivity contribution in [2.24, 2.45) is 0 Å². The normalized spacial score (nSPS) is 15.2. The second kappa shape index (κ2) is 5.17. The number of hydrogen-bond acceptors (Lipinski definition) is 2. The van der Waals surface area contributed by atoms with Crippen molar-refractivity contribution >= 4 is 11.8 Å². The number of carbonyl (C=O) groups is 2. The number of hydrogen-bond donors (Lipinski definition) is 0. The quantitative estimate of drug-likeness (QED) is 0.602. The Hall–Kier alpha value is -1.90. The lowest BCUT2D eigenvalue weighted by atomic mass is 10.1. The van der Waals surface area contributed by atoms with Crippen molar-refractivity contribution in [2.45, 2.75) is 26.7 Å². The third-order valence-corrected chi connectivity index (χ3v) is 3.32. The lowest BCUT2D eigenvalue weighted by molar-refractivity contribution is 0.0652. The average Bonchev–Trinajstić information content (AvgIpc) is 2.64. The van der Waals surface area contributed by atoms with Gasteiger partial charge in [0.1, 0.15) is 0 Å². The molecule has 1 aliphatic heterocycles. The van der Waals surface area contributed by atoms with E-state index < -0.39 is 0 Å². The number of imide groups is 1. The smallest absolute Gasteiger partial charge is 0.261 e. The van der Waals surface area contributed by atoms with Crippen LogP contribution in [0.15, 0.2) is 35.9 Å². The first-order valence-corrected chi connectivity index (χ1v) is 6.22. The fourth-order valence-electron chi connectivity index (χ4n) is 2.10. The van der Waals surface area contributed by atoms with Crippen LogP contribution in [0.1, 0.15) is 47.4 Å². The number of fused-ring (bicyclic) bond motifs is 1. The van der Waals surface area contributed by atoms with Gasteiger partial charge in [-0.15, -0.1) is 0 Å². The summed E-state index contributed by atoms with van der Waals surface area (Å²) in [5.74, 6) is -0.317. The van der Waals surface area contributed by atoms with Gasteiger partial charge in [0.05, 0.1) is 11.1 Å². The van der Waals surface area contributed by atoms with Gasteiger partial charge in [0.15, 0.2) is 0 Å². The van der Waals surface area contributed by atoms with E-state index in [4.69, 9.17) is 0 Å². The molecule has 0 spiro atoms. The third-order valence-electron chi connectivity index (χ3n) is 3.32. The molecule has 1 aromatic rings. The zero-order chi connectivity index (χ0) is 13.1. The van der Waals surface area contributed by atoms with Crippen LogP contribution in [0.4, 0.5) is 0 Å². The van der Waals surface area contributed by atoms with Crippen LogP contribution >= 0.6 is 0 Å². The molecule has 0 saturated carbocycles. The molecule has 1 aliphatic rings. The summed E-state index contributed by atoms with van der Waals surface area (Å²) in [4.78, 5) is 25.4. The second-order valence-electron chi connectivity index (χ2n) is 4.55. The molecule has 94 valence electrons. The van der Waals surface area contributed by atoms with Crippen LogP contribution in [0.3, 0.4) is 0 Å². The zero-order valence-electron chi connectivity index (χ0n) is 10.8. The fraction of sp³-hybridized carbons (Fsp3) is 0.333. The van der Waals surface area contributed by atoms with Gasteiger partial charge in [0, 0.05) is 6.54 Å². The first-order chi connectivity index (χ1) is 8.65. The van der Waals surface area contributed by atoms with E-state index in [1.165, 1.54) is 10.5 Å².